The maximum absolute atomic E-state index is 12.0. The van der Waals surface area contributed by atoms with Crippen molar-refractivity contribution in [3.05, 3.63) is 29.8 Å². The Hall–Kier alpha value is -1.88. The number of hydrogen-bond acceptors (Lipinski definition) is 4. The van der Waals surface area contributed by atoms with Crippen molar-refractivity contribution in [3.8, 4) is 17.0 Å². The van der Waals surface area contributed by atoms with Crippen molar-refractivity contribution in [3.63, 3.8) is 0 Å². The molecule has 0 aliphatic heterocycles. The Bertz CT molecular complexity index is 648. The summed E-state index contributed by atoms with van der Waals surface area (Å²) in [4.78, 5) is 12.0. The molecule has 1 heterocycles. The van der Waals surface area contributed by atoms with E-state index >= 15 is 0 Å². The number of anilines is 1. The molecule has 0 bridgehead atoms. The van der Waals surface area contributed by atoms with Crippen LogP contribution in [0.4, 0.5) is 5.00 Å². The molecule has 20 heavy (non-hydrogen) atoms. The van der Waals surface area contributed by atoms with Gasteiger partial charge in [0.25, 0.3) is 0 Å². The molecule has 0 saturated heterocycles. The second-order valence-electron chi connectivity index (χ2n) is 5.34. The monoisotopic (exact) mass is 288 g/mol. The highest BCUT2D eigenvalue weighted by molar-refractivity contribution is 7.10. The number of carbonyl (C=O) groups excluding carboxylic acids is 1. The zero-order valence-electron chi connectivity index (χ0n) is 11.4. The second kappa shape index (κ2) is 4.90. The highest BCUT2D eigenvalue weighted by Gasteiger charge is 2.39. The minimum atomic E-state index is 0.0986. The number of aromatic hydroxyl groups is 1. The third-order valence-electron chi connectivity index (χ3n) is 3.75. The van der Waals surface area contributed by atoms with Crippen LogP contribution in [-0.2, 0) is 4.79 Å². The molecule has 2 atom stereocenters. The van der Waals surface area contributed by atoms with E-state index in [-0.39, 0.29) is 17.6 Å². The Morgan fingerprint density at radius 2 is 2.05 bits per heavy atom. The molecule has 3 rings (SSSR count). The molecular weight excluding hydrogens is 272 g/mol. The molecule has 1 aromatic heterocycles. The van der Waals surface area contributed by atoms with Crippen LogP contribution in [0.2, 0.25) is 0 Å². The first-order chi connectivity index (χ1) is 9.56. The third-order valence-corrected chi connectivity index (χ3v) is 4.61. The summed E-state index contributed by atoms with van der Waals surface area (Å²) in [6.45, 7) is 4.04. The number of phenols is 1. The van der Waals surface area contributed by atoms with Crippen LogP contribution in [0.5, 0.6) is 5.75 Å². The van der Waals surface area contributed by atoms with E-state index in [4.69, 9.17) is 0 Å². The summed E-state index contributed by atoms with van der Waals surface area (Å²) in [5.41, 5.74) is 2.77. The number of phenolic OH excluding ortho intramolecular Hbond substituents is 1. The molecular formula is C15H16N2O2S. The number of nitrogens with one attached hydrogen (secondary N) is 1. The summed E-state index contributed by atoms with van der Waals surface area (Å²) in [5, 5.41) is 13.1. The summed E-state index contributed by atoms with van der Waals surface area (Å²) in [7, 11) is 0. The number of nitrogens with zero attached hydrogens (tertiary/aromatic N) is 1. The van der Waals surface area contributed by atoms with Gasteiger partial charge in [-0.2, -0.15) is 4.37 Å². The molecule has 1 amide bonds. The molecule has 1 fully saturated rings. The fourth-order valence-electron chi connectivity index (χ4n) is 2.23. The zero-order chi connectivity index (χ0) is 14.3. The van der Waals surface area contributed by atoms with E-state index in [1.165, 1.54) is 11.5 Å². The number of aromatic nitrogens is 1. The van der Waals surface area contributed by atoms with Gasteiger partial charge in [0.15, 0.2) is 0 Å². The van der Waals surface area contributed by atoms with Crippen LogP contribution < -0.4 is 5.32 Å². The zero-order valence-corrected chi connectivity index (χ0v) is 12.2. The quantitative estimate of drug-likeness (QED) is 0.909. The van der Waals surface area contributed by atoms with Gasteiger partial charge < -0.3 is 10.4 Å². The predicted octanol–water partition coefficient (Wildman–Crippen LogP) is 3.42. The lowest BCUT2D eigenvalue weighted by atomic mass is 10.1. The Balaban J connectivity index is 1.81. The van der Waals surface area contributed by atoms with Crippen LogP contribution >= 0.6 is 11.5 Å². The molecule has 1 aliphatic rings. The minimum Gasteiger partial charge on any atom is -0.508 e. The summed E-state index contributed by atoms with van der Waals surface area (Å²) in [6, 6.07) is 6.93. The number of hydrogen-bond donors (Lipinski definition) is 2. The van der Waals surface area contributed by atoms with Gasteiger partial charge in [-0.05, 0) is 55.1 Å². The van der Waals surface area contributed by atoms with Gasteiger partial charge in [0, 0.05) is 17.0 Å². The topological polar surface area (TPSA) is 62.2 Å². The summed E-state index contributed by atoms with van der Waals surface area (Å²) >= 11 is 1.31. The van der Waals surface area contributed by atoms with Gasteiger partial charge in [-0.1, -0.05) is 6.92 Å². The van der Waals surface area contributed by atoms with Crippen LogP contribution in [-0.4, -0.2) is 15.4 Å². The van der Waals surface area contributed by atoms with Crippen molar-refractivity contribution in [1.82, 2.24) is 4.37 Å². The first kappa shape index (κ1) is 13.1. The molecule has 1 aliphatic carbocycles. The SMILES string of the molecule is Cc1c(-c2ccc(O)cc2)nsc1NC(=O)C1CC1C. The van der Waals surface area contributed by atoms with Crippen molar-refractivity contribution in [2.75, 3.05) is 5.32 Å². The number of carbonyl (C=O) groups is 1. The van der Waals surface area contributed by atoms with Gasteiger partial charge in [-0.15, -0.1) is 0 Å². The average Bonchev–Trinajstić information content (AvgIpc) is 3.06. The molecule has 0 spiro atoms. The fourth-order valence-corrected chi connectivity index (χ4v) is 3.04. The molecule has 1 aromatic carbocycles. The lowest BCUT2D eigenvalue weighted by molar-refractivity contribution is -0.117. The minimum absolute atomic E-state index is 0.0986. The maximum Gasteiger partial charge on any atom is 0.228 e. The molecule has 5 heteroatoms. The van der Waals surface area contributed by atoms with Gasteiger partial charge in [0.05, 0.1) is 5.69 Å². The van der Waals surface area contributed by atoms with E-state index in [0.29, 0.717) is 5.92 Å². The summed E-state index contributed by atoms with van der Waals surface area (Å²) in [5.74, 6) is 0.993. The van der Waals surface area contributed by atoms with Crippen LogP contribution in [0, 0.1) is 18.8 Å². The highest BCUT2D eigenvalue weighted by Crippen LogP contribution is 2.40. The van der Waals surface area contributed by atoms with Crippen LogP contribution in [0.15, 0.2) is 24.3 Å². The van der Waals surface area contributed by atoms with E-state index in [0.717, 1.165) is 28.2 Å². The van der Waals surface area contributed by atoms with Crippen LogP contribution in [0.3, 0.4) is 0 Å². The highest BCUT2D eigenvalue weighted by atomic mass is 32.1. The van der Waals surface area contributed by atoms with E-state index in [1.807, 2.05) is 19.1 Å². The lowest BCUT2D eigenvalue weighted by Crippen LogP contribution is -2.14. The van der Waals surface area contributed by atoms with E-state index in [1.54, 1.807) is 12.1 Å². The van der Waals surface area contributed by atoms with Gasteiger partial charge >= 0.3 is 0 Å². The Kier molecular flexibility index (Phi) is 3.22. The van der Waals surface area contributed by atoms with Gasteiger partial charge in [-0.25, -0.2) is 0 Å². The first-order valence-electron chi connectivity index (χ1n) is 6.63. The number of amides is 1. The normalized spacial score (nSPS) is 20.7. The molecule has 2 N–H and O–H groups in total. The Morgan fingerprint density at radius 1 is 1.40 bits per heavy atom. The van der Waals surface area contributed by atoms with Crippen LogP contribution in [0.25, 0.3) is 11.3 Å². The van der Waals surface area contributed by atoms with Gasteiger partial charge in [0.1, 0.15) is 10.8 Å². The molecule has 4 nitrogen and oxygen atoms in total. The molecule has 2 aromatic rings. The van der Waals surface area contributed by atoms with E-state index in [2.05, 4.69) is 16.6 Å². The van der Waals surface area contributed by atoms with E-state index < -0.39 is 0 Å². The Morgan fingerprint density at radius 3 is 2.65 bits per heavy atom. The van der Waals surface area contributed by atoms with E-state index in [9.17, 15) is 9.90 Å². The standard InChI is InChI=1S/C15H16N2O2S/c1-8-7-12(8)14(19)16-15-9(2)13(17-20-15)10-3-5-11(18)6-4-10/h3-6,8,12,18H,7H2,1-2H3,(H,16,19). The van der Waals surface area contributed by atoms with Gasteiger partial charge in [-0.3, -0.25) is 4.79 Å². The average molecular weight is 288 g/mol. The third kappa shape index (κ3) is 2.41. The largest absolute Gasteiger partial charge is 0.508 e. The Labute approximate surface area is 121 Å². The molecule has 104 valence electrons. The van der Waals surface area contributed by atoms with Crippen molar-refractivity contribution in [2.45, 2.75) is 20.3 Å². The first-order valence-corrected chi connectivity index (χ1v) is 7.40. The summed E-state index contributed by atoms with van der Waals surface area (Å²) in [6.07, 6.45) is 0.981. The smallest absolute Gasteiger partial charge is 0.228 e. The molecule has 0 radical (unpaired) electrons. The van der Waals surface area contributed by atoms with Crippen molar-refractivity contribution in [2.24, 2.45) is 11.8 Å². The van der Waals surface area contributed by atoms with Crippen molar-refractivity contribution >= 4 is 22.4 Å². The van der Waals surface area contributed by atoms with Crippen molar-refractivity contribution in [1.29, 1.82) is 0 Å². The van der Waals surface area contributed by atoms with Gasteiger partial charge in [0.2, 0.25) is 5.91 Å². The molecule has 1 saturated carbocycles. The number of benzene rings is 1. The van der Waals surface area contributed by atoms with Crippen molar-refractivity contribution < 1.29 is 9.90 Å². The molecule has 2 unspecified atom stereocenters. The summed E-state index contributed by atoms with van der Waals surface area (Å²) < 4.78 is 4.41. The lowest BCUT2D eigenvalue weighted by Gasteiger charge is -2.03. The maximum atomic E-state index is 12.0. The van der Waals surface area contributed by atoms with Crippen LogP contribution in [0.1, 0.15) is 18.9 Å². The second-order valence-corrected chi connectivity index (χ2v) is 6.11. The fraction of sp³-hybridized carbons (Fsp3) is 0.333. The predicted molar refractivity (Wildman–Crippen MR) is 79.9 cm³/mol. The number of rotatable bonds is 3.